The molecule has 0 saturated carbocycles. The van der Waals surface area contributed by atoms with Crippen molar-refractivity contribution in [1.82, 2.24) is 0 Å². The minimum Gasteiger partial charge on any atom is -0.459 e. The summed E-state index contributed by atoms with van der Waals surface area (Å²) in [5.74, 6) is -0.762. The van der Waals surface area contributed by atoms with Crippen LogP contribution in [0, 0.1) is 5.92 Å². The molecule has 1 N–H and O–H groups in total. The van der Waals surface area contributed by atoms with Gasteiger partial charge >= 0.3 is 5.97 Å². The molecule has 0 unspecified atom stereocenters. The second kappa shape index (κ2) is 4.10. The molecule has 0 bridgehead atoms. The lowest BCUT2D eigenvalue weighted by Crippen LogP contribution is -2.20. The van der Waals surface area contributed by atoms with Crippen molar-refractivity contribution >= 4 is 5.97 Å². The van der Waals surface area contributed by atoms with Crippen LogP contribution in [0.5, 0.6) is 0 Å². The highest BCUT2D eigenvalue weighted by Gasteiger charge is 2.40. The van der Waals surface area contributed by atoms with Crippen LogP contribution in [0.3, 0.4) is 0 Å². The predicted molar refractivity (Wildman–Crippen MR) is 59.6 cm³/mol. The van der Waals surface area contributed by atoms with E-state index in [9.17, 15) is 9.90 Å². The first kappa shape index (κ1) is 10.9. The lowest BCUT2D eigenvalue weighted by Gasteiger charge is -2.20. The van der Waals surface area contributed by atoms with E-state index in [1.54, 1.807) is 6.92 Å². The molecule has 1 aromatic rings. The molecule has 0 aliphatic carbocycles. The minimum absolute atomic E-state index is 0.324. The van der Waals surface area contributed by atoms with Gasteiger partial charge in [-0.25, -0.2) is 4.79 Å². The van der Waals surface area contributed by atoms with Gasteiger partial charge in [-0.2, -0.15) is 0 Å². The number of rotatable bonds is 2. The third-order valence-electron chi connectivity index (χ3n) is 2.94. The van der Waals surface area contributed by atoms with Crippen LogP contribution in [0.1, 0.15) is 18.6 Å². The van der Waals surface area contributed by atoms with E-state index in [1.807, 2.05) is 30.3 Å². The normalized spacial score (nSPS) is 26.6. The number of hydrogen-bond donors (Lipinski definition) is 1. The van der Waals surface area contributed by atoms with Gasteiger partial charge in [-0.15, -0.1) is 0 Å². The standard InChI is InChI=1S/C13H14O3/c1-8-11(9(2)16-13(8)15)12(14)10-6-4-3-5-7-10/h3-7,9,11-12,14H,1H2,2H3/t9-,11+,12+/m1/s1. The average Bonchev–Trinajstić information content (AvgIpc) is 2.54. The SMILES string of the molecule is C=C1C(=O)O[C@H](C)[C@H]1[C@@H](O)c1ccccc1. The largest absolute Gasteiger partial charge is 0.459 e. The zero-order valence-corrected chi connectivity index (χ0v) is 9.09. The van der Waals surface area contributed by atoms with Crippen molar-refractivity contribution in [3.63, 3.8) is 0 Å². The lowest BCUT2D eigenvalue weighted by atomic mass is 9.88. The maximum Gasteiger partial charge on any atom is 0.334 e. The third-order valence-corrected chi connectivity index (χ3v) is 2.94. The molecule has 1 heterocycles. The Hall–Kier alpha value is -1.61. The molecule has 1 aliphatic heterocycles. The summed E-state index contributed by atoms with van der Waals surface area (Å²) in [7, 11) is 0. The lowest BCUT2D eigenvalue weighted by molar-refractivity contribution is -0.138. The Morgan fingerprint density at radius 2 is 2.00 bits per heavy atom. The number of carbonyl (C=O) groups is 1. The topological polar surface area (TPSA) is 46.5 Å². The number of hydrogen-bond acceptors (Lipinski definition) is 3. The van der Waals surface area contributed by atoms with Gasteiger partial charge in [0.25, 0.3) is 0 Å². The Bertz CT molecular complexity index is 410. The summed E-state index contributed by atoms with van der Waals surface area (Å²) >= 11 is 0. The average molecular weight is 218 g/mol. The van der Waals surface area contributed by atoms with Crippen molar-refractivity contribution in [2.45, 2.75) is 19.1 Å². The molecule has 1 aliphatic rings. The molecule has 3 atom stereocenters. The Morgan fingerprint density at radius 3 is 2.50 bits per heavy atom. The van der Waals surface area contributed by atoms with E-state index >= 15 is 0 Å². The van der Waals surface area contributed by atoms with E-state index in [1.165, 1.54) is 0 Å². The molecule has 1 fully saturated rings. The monoisotopic (exact) mass is 218 g/mol. The fraction of sp³-hybridized carbons (Fsp3) is 0.308. The van der Waals surface area contributed by atoms with Crippen LogP contribution in [-0.4, -0.2) is 17.2 Å². The number of aliphatic hydroxyl groups excluding tert-OH is 1. The first-order valence-electron chi connectivity index (χ1n) is 5.24. The smallest absolute Gasteiger partial charge is 0.334 e. The van der Waals surface area contributed by atoms with Crippen LogP contribution >= 0.6 is 0 Å². The molecule has 0 spiro atoms. The molecule has 16 heavy (non-hydrogen) atoms. The predicted octanol–water partition coefficient (Wildman–Crippen LogP) is 1.84. The molecule has 2 rings (SSSR count). The van der Waals surface area contributed by atoms with E-state index in [-0.39, 0.29) is 12.0 Å². The summed E-state index contributed by atoms with van der Waals surface area (Å²) in [6.07, 6.45) is -1.06. The Kier molecular flexibility index (Phi) is 2.79. The maximum atomic E-state index is 11.3. The molecular formula is C13H14O3. The van der Waals surface area contributed by atoms with Crippen LogP contribution in [0.4, 0.5) is 0 Å². The first-order valence-corrected chi connectivity index (χ1v) is 5.24. The molecule has 3 heteroatoms. The molecule has 0 amide bonds. The highest BCUT2D eigenvalue weighted by molar-refractivity contribution is 5.90. The molecule has 1 aromatic carbocycles. The van der Waals surface area contributed by atoms with Crippen LogP contribution in [0.15, 0.2) is 42.5 Å². The summed E-state index contributed by atoms with van der Waals surface area (Å²) < 4.78 is 5.03. The van der Waals surface area contributed by atoms with Crippen molar-refractivity contribution in [2.75, 3.05) is 0 Å². The molecule has 0 aromatic heterocycles. The first-order chi connectivity index (χ1) is 7.61. The van der Waals surface area contributed by atoms with E-state index in [2.05, 4.69) is 6.58 Å². The van der Waals surface area contributed by atoms with E-state index < -0.39 is 12.1 Å². The molecule has 0 radical (unpaired) electrons. The van der Waals surface area contributed by atoms with Gasteiger partial charge in [0.15, 0.2) is 0 Å². The van der Waals surface area contributed by atoms with Crippen LogP contribution in [0.2, 0.25) is 0 Å². The molecule has 3 nitrogen and oxygen atoms in total. The molecule has 84 valence electrons. The van der Waals surface area contributed by atoms with Crippen LogP contribution in [0.25, 0.3) is 0 Å². The summed E-state index contributed by atoms with van der Waals surface area (Å²) in [6, 6.07) is 9.24. The number of benzene rings is 1. The van der Waals surface area contributed by atoms with Gasteiger partial charge in [0.1, 0.15) is 6.10 Å². The van der Waals surface area contributed by atoms with Gasteiger partial charge in [-0.3, -0.25) is 0 Å². The fourth-order valence-corrected chi connectivity index (χ4v) is 2.04. The maximum absolute atomic E-state index is 11.3. The van der Waals surface area contributed by atoms with Gasteiger partial charge < -0.3 is 9.84 Å². The highest BCUT2D eigenvalue weighted by Crippen LogP contribution is 2.36. The Labute approximate surface area is 94.4 Å². The fourth-order valence-electron chi connectivity index (χ4n) is 2.04. The number of cyclic esters (lactones) is 1. The van der Waals surface area contributed by atoms with Crippen molar-refractivity contribution < 1.29 is 14.6 Å². The second-order valence-corrected chi connectivity index (χ2v) is 4.02. The van der Waals surface area contributed by atoms with E-state index in [0.717, 1.165) is 5.56 Å². The van der Waals surface area contributed by atoms with Crippen molar-refractivity contribution in [2.24, 2.45) is 5.92 Å². The number of esters is 1. The van der Waals surface area contributed by atoms with Crippen molar-refractivity contribution in [1.29, 1.82) is 0 Å². The summed E-state index contributed by atoms with van der Waals surface area (Å²) in [6.45, 7) is 5.45. The number of aliphatic hydroxyl groups is 1. The van der Waals surface area contributed by atoms with Gasteiger partial charge in [-0.1, -0.05) is 36.9 Å². The minimum atomic E-state index is -0.741. The van der Waals surface area contributed by atoms with Crippen LogP contribution in [-0.2, 0) is 9.53 Å². The summed E-state index contributed by atoms with van der Waals surface area (Å²) in [5, 5.41) is 10.2. The summed E-state index contributed by atoms with van der Waals surface area (Å²) in [5.41, 5.74) is 1.13. The van der Waals surface area contributed by atoms with Crippen molar-refractivity contribution in [3.8, 4) is 0 Å². The highest BCUT2D eigenvalue weighted by atomic mass is 16.6. The zero-order chi connectivity index (χ0) is 11.7. The second-order valence-electron chi connectivity index (χ2n) is 4.02. The Morgan fingerprint density at radius 1 is 1.38 bits per heavy atom. The number of carbonyl (C=O) groups excluding carboxylic acids is 1. The van der Waals surface area contributed by atoms with E-state index in [0.29, 0.717) is 5.57 Å². The third kappa shape index (κ3) is 1.74. The van der Waals surface area contributed by atoms with Crippen LogP contribution < -0.4 is 0 Å². The quantitative estimate of drug-likeness (QED) is 0.608. The molecule has 1 saturated heterocycles. The summed E-state index contributed by atoms with van der Waals surface area (Å²) in [4.78, 5) is 11.3. The van der Waals surface area contributed by atoms with Gasteiger partial charge in [-0.05, 0) is 12.5 Å². The van der Waals surface area contributed by atoms with E-state index in [4.69, 9.17) is 4.74 Å². The Balaban J connectivity index is 2.26. The van der Waals surface area contributed by atoms with Gasteiger partial charge in [0, 0.05) is 5.57 Å². The number of ether oxygens (including phenoxy) is 1. The zero-order valence-electron chi connectivity index (χ0n) is 9.09. The van der Waals surface area contributed by atoms with Gasteiger partial charge in [0.2, 0.25) is 0 Å². The van der Waals surface area contributed by atoms with Gasteiger partial charge in [0.05, 0.1) is 12.0 Å². The molecular weight excluding hydrogens is 204 g/mol. The van der Waals surface area contributed by atoms with Crippen molar-refractivity contribution in [3.05, 3.63) is 48.0 Å².